The average molecular weight is 312 g/mol. The van der Waals surface area contributed by atoms with Crippen molar-refractivity contribution in [2.75, 3.05) is 6.61 Å². The molecule has 0 aromatic heterocycles. The van der Waals surface area contributed by atoms with Gasteiger partial charge in [-0.3, -0.25) is 10.1 Å². The molecule has 0 bridgehead atoms. The topological polar surface area (TPSA) is 79.2 Å². The van der Waals surface area contributed by atoms with Crippen LogP contribution in [0.1, 0.15) is 18.1 Å². The van der Waals surface area contributed by atoms with Crippen LogP contribution in [0.5, 0.6) is 0 Å². The van der Waals surface area contributed by atoms with Crippen LogP contribution in [0.3, 0.4) is 0 Å². The molecule has 1 rings (SSSR count). The maximum Gasteiger partial charge on any atom is 0.416 e. The summed E-state index contributed by atoms with van der Waals surface area (Å²) in [6.07, 6.45) is -4.96. The minimum atomic E-state index is -4.63. The van der Waals surface area contributed by atoms with Gasteiger partial charge in [0.05, 0.1) is 12.2 Å². The summed E-state index contributed by atoms with van der Waals surface area (Å²) >= 11 is 0. The Morgan fingerprint density at radius 3 is 2.55 bits per heavy atom. The van der Waals surface area contributed by atoms with Gasteiger partial charge in [-0.2, -0.15) is 18.4 Å². The maximum absolute atomic E-state index is 12.8. The van der Waals surface area contributed by atoms with Gasteiger partial charge in [0.15, 0.2) is 0 Å². The van der Waals surface area contributed by atoms with Crippen LogP contribution in [0, 0.1) is 11.3 Å². The molecule has 0 radical (unpaired) electrons. The number of alkyl halides is 3. The Hall–Kier alpha value is -2.82. The number of alkyl carbamates (subject to hydrolysis) is 1. The Balaban J connectivity index is 3.11. The van der Waals surface area contributed by atoms with Gasteiger partial charge in [-0.05, 0) is 24.6 Å². The van der Waals surface area contributed by atoms with Crippen LogP contribution < -0.4 is 5.32 Å². The van der Waals surface area contributed by atoms with Gasteiger partial charge in [0.25, 0.3) is 5.91 Å². The molecule has 1 N–H and O–H groups in total. The first-order valence-electron chi connectivity index (χ1n) is 6.05. The Morgan fingerprint density at radius 2 is 2.00 bits per heavy atom. The number of benzene rings is 1. The summed E-state index contributed by atoms with van der Waals surface area (Å²) in [5, 5.41) is 10.6. The molecule has 0 fully saturated rings. The number of imide groups is 1. The van der Waals surface area contributed by atoms with Crippen molar-refractivity contribution < 1.29 is 27.5 Å². The Labute approximate surface area is 124 Å². The van der Waals surface area contributed by atoms with E-state index in [1.165, 1.54) is 25.1 Å². The molecule has 0 saturated carbocycles. The van der Waals surface area contributed by atoms with Crippen LogP contribution >= 0.6 is 0 Å². The van der Waals surface area contributed by atoms with Crippen molar-refractivity contribution in [3.63, 3.8) is 0 Å². The van der Waals surface area contributed by atoms with E-state index >= 15 is 0 Å². The van der Waals surface area contributed by atoms with Crippen molar-refractivity contribution in [3.8, 4) is 6.07 Å². The highest BCUT2D eigenvalue weighted by molar-refractivity contribution is 6.08. The first-order chi connectivity index (χ1) is 10.3. The number of hydrogen-bond acceptors (Lipinski definition) is 4. The van der Waals surface area contributed by atoms with Crippen LogP contribution in [-0.4, -0.2) is 18.6 Å². The summed E-state index contributed by atoms with van der Waals surface area (Å²) < 4.78 is 42.9. The number of carbonyl (C=O) groups excluding carboxylic acids is 2. The number of amides is 2. The van der Waals surface area contributed by atoms with E-state index in [0.717, 1.165) is 18.2 Å². The first-order valence-corrected chi connectivity index (χ1v) is 6.05. The molecule has 1 aromatic carbocycles. The fourth-order valence-corrected chi connectivity index (χ4v) is 1.51. The van der Waals surface area contributed by atoms with Crippen LogP contribution in [0.4, 0.5) is 18.0 Å². The molecule has 8 heteroatoms. The number of rotatable bonds is 3. The average Bonchev–Trinajstić information content (AvgIpc) is 2.44. The molecule has 0 saturated heterocycles. The number of nitriles is 1. The second-order valence-corrected chi connectivity index (χ2v) is 3.93. The predicted molar refractivity (Wildman–Crippen MR) is 70.2 cm³/mol. The van der Waals surface area contributed by atoms with E-state index in [1.54, 1.807) is 5.32 Å². The molecule has 0 atom stereocenters. The lowest BCUT2D eigenvalue weighted by Crippen LogP contribution is -2.31. The smallest absolute Gasteiger partial charge is 0.416 e. The van der Waals surface area contributed by atoms with Crippen molar-refractivity contribution in [1.29, 1.82) is 5.26 Å². The molecule has 0 heterocycles. The van der Waals surface area contributed by atoms with Gasteiger partial charge in [-0.1, -0.05) is 18.2 Å². The summed E-state index contributed by atoms with van der Waals surface area (Å²) in [4.78, 5) is 22.7. The molecular weight excluding hydrogens is 301 g/mol. The lowest BCUT2D eigenvalue weighted by molar-refractivity contribution is -0.137. The van der Waals surface area contributed by atoms with Gasteiger partial charge in [0, 0.05) is 0 Å². The van der Waals surface area contributed by atoms with Crippen LogP contribution in [0.25, 0.3) is 6.08 Å². The second kappa shape index (κ2) is 7.26. The highest BCUT2D eigenvalue weighted by atomic mass is 19.4. The fraction of sp³-hybridized carbons (Fsp3) is 0.214. The summed E-state index contributed by atoms with van der Waals surface area (Å²) in [6.45, 7) is 1.51. The van der Waals surface area contributed by atoms with Gasteiger partial charge in [0.1, 0.15) is 11.6 Å². The summed E-state index contributed by atoms with van der Waals surface area (Å²) in [5.74, 6) is -1.14. The summed E-state index contributed by atoms with van der Waals surface area (Å²) in [5.41, 5.74) is -2.00. The molecule has 116 valence electrons. The summed E-state index contributed by atoms with van der Waals surface area (Å²) in [6, 6.07) is 5.90. The monoisotopic (exact) mass is 312 g/mol. The standard InChI is InChI=1S/C14H11F3N2O3/c1-2-22-13(21)19-12(20)10(8-18)7-9-5-3-4-6-11(9)14(15,16)17/h3-7H,2H2,1H3,(H,19,20,21)/b10-7-. The van der Waals surface area contributed by atoms with Gasteiger partial charge >= 0.3 is 12.3 Å². The lowest BCUT2D eigenvalue weighted by Gasteiger charge is -2.10. The first kappa shape index (κ1) is 17.2. The zero-order valence-corrected chi connectivity index (χ0v) is 11.4. The van der Waals surface area contributed by atoms with E-state index in [0.29, 0.717) is 0 Å². The zero-order chi connectivity index (χ0) is 16.8. The number of nitrogens with zero attached hydrogens (tertiary/aromatic N) is 1. The van der Waals surface area contributed by atoms with Crippen LogP contribution in [0.15, 0.2) is 29.8 Å². The molecule has 0 aliphatic heterocycles. The lowest BCUT2D eigenvalue weighted by atomic mass is 10.0. The zero-order valence-electron chi connectivity index (χ0n) is 11.4. The van der Waals surface area contributed by atoms with Gasteiger partial charge in [-0.25, -0.2) is 4.79 Å². The maximum atomic E-state index is 12.8. The molecule has 2 amide bonds. The van der Waals surface area contributed by atoms with Crippen molar-refractivity contribution >= 4 is 18.1 Å². The minimum absolute atomic E-state index is 0.00161. The van der Waals surface area contributed by atoms with E-state index in [-0.39, 0.29) is 12.2 Å². The van der Waals surface area contributed by atoms with Gasteiger partial charge < -0.3 is 4.74 Å². The summed E-state index contributed by atoms with van der Waals surface area (Å²) in [7, 11) is 0. The van der Waals surface area contributed by atoms with E-state index < -0.39 is 29.3 Å². The van der Waals surface area contributed by atoms with Crippen LogP contribution in [-0.2, 0) is 15.7 Å². The molecule has 5 nitrogen and oxygen atoms in total. The van der Waals surface area contributed by atoms with Gasteiger partial charge in [-0.15, -0.1) is 0 Å². The molecule has 0 unspecified atom stereocenters. The van der Waals surface area contributed by atoms with E-state index in [1.807, 2.05) is 0 Å². The highest BCUT2D eigenvalue weighted by Crippen LogP contribution is 2.32. The number of nitrogens with one attached hydrogen (secondary N) is 1. The SMILES string of the molecule is CCOC(=O)NC(=O)/C(C#N)=C\c1ccccc1C(F)(F)F. The van der Waals surface area contributed by atoms with Crippen molar-refractivity contribution in [2.45, 2.75) is 13.1 Å². The Morgan fingerprint density at radius 1 is 1.36 bits per heavy atom. The molecule has 0 spiro atoms. The van der Waals surface area contributed by atoms with Crippen molar-refractivity contribution in [1.82, 2.24) is 5.32 Å². The molecule has 1 aromatic rings. The van der Waals surface area contributed by atoms with E-state index in [9.17, 15) is 22.8 Å². The van der Waals surface area contributed by atoms with E-state index in [4.69, 9.17) is 5.26 Å². The number of carbonyl (C=O) groups is 2. The quantitative estimate of drug-likeness (QED) is 0.687. The third kappa shape index (κ3) is 4.63. The molecule has 22 heavy (non-hydrogen) atoms. The fourth-order valence-electron chi connectivity index (χ4n) is 1.51. The molecule has 0 aliphatic carbocycles. The van der Waals surface area contributed by atoms with Crippen molar-refractivity contribution in [2.24, 2.45) is 0 Å². The Kier molecular flexibility index (Phi) is 5.69. The minimum Gasteiger partial charge on any atom is -0.450 e. The van der Waals surface area contributed by atoms with Gasteiger partial charge in [0.2, 0.25) is 0 Å². The van der Waals surface area contributed by atoms with Crippen molar-refractivity contribution in [3.05, 3.63) is 41.0 Å². The number of hydrogen-bond donors (Lipinski definition) is 1. The second-order valence-electron chi connectivity index (χ2n) is 3.93. The van der Waals surface area contributed by atoms with Crippen LogP contribution in [0.2, 0.25) is 0 Å². The third-order valence-electron chi connectivity index (χ3n) is 2.42. The third-order valence-corrected chi connectivity index (χ3v) is 2.42. The molecule has 0 aliphatic rings. The highest BCUT2D eigenvalue weighted by Gasteiger charge is 2.32. The normalized spacial score (nSPS) is 11.5. The predicted octanol–water partition coefficient (Wildman–Crippen LogP) is 2.89. The molecular formula is C14H11F3N2O3. The Bertz CT molecular complexity index is 645. The largest absolute Gasteiger partial charge is 0.450 e. The van der Waals surface area contributed by atoms with E-state index in [2.05, 4.69) is 4.74 Å². The number of ether oxygens (including phenoxy) is 1. The number of halogens is 3.